The summed E-state index contributed by atoms with van der Waals surface area (Å²) in [7, 11) is 0. The van der Waals surface area contributed by atoms with Crippen molar-refractivity contribution in [1.82, 2.24) is 5.32 Å². The van der Waals surface area contributed by atoms with Gasteiger partial charge in [-0.3, -0.25) is 14.6 Å². The van der Waals surface area contributed by atoms with E-state index >= 15 is 0 Å². The van der Waals surface area contributed by atoms with Gasteiger partial charge in [0.1, 0.15) is 0 Å². The summed E-state index contributed by atoms with van der Waals surface area (Å²) in [5, 5.41) is 17.4. The van der Waals surface area contributed by atoms with E-state index in [1.54, 1.807) is 12.1 Å². The maximum atomic E-state index is 11.8. The smallest absolute Gasteiger partial charge is 0.305 e. The highest BCUT2D eigenvalue weighted by Crippen LogP contribution is 2.19. The van der Waals surface area contributed by atoms with E-state index in [0.717, 1.165) is 24.4 Å². The zero-order valence-corrected chi connectivity index (χ0v) is 11.3. The fourth-order valence-corrected chi connectivity index (χ4v) is 1.93. The molecule has 0 aliphatic carbocycles. The van der Waals surface area contributed by atoms with E-state index in [0.29, 0.717) is 5.56 Å². The van der Waals surface area contributed by atoms with Crippen molar-refractivity contribution in [2.24, 2.45) is 5.10 Å². The highest BCUT2D eigenvalue weighted by atomic mass is 16.4. The van der Waals surface area contributed by atoms with Crippen molar-refractivity contribution in [1.29, 1.82) is 0 Å². The number of aliphatic carboxylic acids is 1. The van der Waals surface area contributed by atoms with Crippen LogP contribution < -0.4 is 10.3 Å². The molecule has 106 valence electrons. The summed E-state index contributed by atoms with van der Waals surface area (Å²) in [6.07, 6.45) is 0.878. The predicted octanol–water partition coefficient (Wildman–Crippen LogP) is 1.48. The molecule has 2 rings (SSSR count). The van der Waals surface area contributed by atoms with Crippen molar-refractivity contribution in [2.75, 3.05) is 18.1 Å². The zero-order valence-electron chi connectivity index (χ0n) is 11.3. The van der Waals surface area contributed by atoms with Crippen LogP contribution in [0, 0.1) is 0 Å². The van der Waals surface area contributed by atoms with Gasteiger partial charge in [0.2, 0.25) is 0 Å². The van der Waals surface area contributed by atoms with Crippen LogP contribution in [0.15, 0.2) is 29.4 Å². The lowest BCUT2D eigenvalue weighted by atomic mass is 10.2. The largest absolute Gasteiger partial charge is 0.481 e. The molecule has 1 aromatic rings. The number of anilines is 1. The van der Waals surface area contributed by atoms with Gasteiger partial charge in [-0.25, -0.2) is 0 Å². The van der Waals surface area contributed by atoms with E-state index in [-0.39, 0.29) is 18.9 Å². The minimum atomic E-state index is -0.928. The lowest BCUT2D eigenvalue weighted by molar-refractivity contribution is -0.136. The number of carbonyl (C=O) groups is 2. The van der Waals surface area contributed by atoms with Gasteiger partial charge in [0, 0.05) is 30.8 Å². The van der Waals surface area contributed by atoms with Gasteiger partial charge in [-0.1, -0.05) is 0 Å². The maximum absolute atomic E-state index is 11.8. The van der Waals surface area contributed by atoms with E-state index in [4.69, 9.17) is 5.11 Å². The number of hydrogen-bond acceptors (Lipinski definition) is 4. The number of benzene rings is 1. The second-order valence-corrected chi connectivity index (χ2v) is 4.65. The molecular weight excluding hydrogens is 258 g/mol. The van der Waals surface area contributed by atoms with Crippen molar-refractivity contribution in [3.8, 4) is 0 Å². The van der Waals surface area contributed by atoms with Gasteiger partial charge >= 0.3 is 5.97 Å². The van der Waals surface area contributed by atoms with Crippen molar-refractivity contribution in [3.05, 3.63) is 29.8 Å². The summed E-state index contributed by atoms with van der Waals surface area (Å²) in [6, 6.07) is 7.12. The summed E-state index contributed by atoms with van der Waals surface area (Å²) in [5.74, 6) is -1.19. The number of nitrogens with zero attached hydrogens (tertiary/aromatic N) is 2. The van der Waals surface area contributed by atoms with Crippen molar-refractivity contribution < 1.29 is 14.7 Å². The van der Waals surface area contributed by atoms with Gasteiger partial charge < -0.3 is 10.4 Å². The molecule has 2 N–H and O–H groups in total. The second-order valence-electron chi connectivity index (χ2n) is 4.65. The normalized spacial score (nSPS) is 14.1. The number of hydrogen-bond donors (Lipinski definition) is 2. The van der Waals surface area contributed by atoms with Crippen molar-refractivity contribution in [2.45, 2.75) is 19.8 Å². The third-order valence-electron chi connectivity index (χ3n) is 3.03. The zero-order chi connectivity index (χ0) is 14.5. The van der Waals surface area contributed by atoms with Gasteiger partial charge in [0.05, 0.1) is 12.1 Å². The van der Waals surface area contributed by atoms with E-state index in [2.05, 4.69) is 10.4 Å². The average molecular weight is 275 g/mol. The Labute approximate surface area is 117 Å². The second kappa shape index (κ2) is 6.18. The molecule has 1 aromatic carbocycles. The first kappa shape index (κ1) is 14.0. The first-order chi connectivity index (χ1) is 9.56. The summed E-state index contributed by atoms with van der Waals surface area (Å²) in [6.45, 7) is 2.98. The number of carboxylic acids is 1. The first-order valence-corrected chi connectivity index (χ1v) is 6.48. The van der Waals surface area contributed by atoms with Gasteiger partial charge in [-0.15, -0.1) is 0 Å². The summed E-state index contributed by atoms with van der Waals surface area (Å²) in [5.41, 5.74) is 2.56. The molecule has 0 unspecified atom stereocenters. The molecule has 0 bridgehead atoms. The number of hydrazone groups is 1. The average Bonchev–Trinajstić information content (AvgIpc) is 2.85. The summed E-state index contributed by atoms with van der Waals surface area (Å²) in [4.78, 5) is 22.1. The maximum Gasteiger partial charge on any atom is 0.305 e. The molecule has 20 heavy (non-hydrogen) atoms. The van der Waals surface area contributed by atoms with Crippen LogP contribution in [-0.2, 0) is 4.79 Å². The van der Waals surface area contributed by atoms with Crippen LogP contribution >= 0.6 is 0 Å². The molecule has 1 aliphatic rings. The highest BCUT2D eigenvalue weighted by molar-refractivity contribution is 5.94. The number of rotatable bonds is 5. The number of carboxylic acid groups (broad SMARTS) is 1. The topological polar surface area (TPSA) is 82.0 Å². The van der Waals surface area contributed by atoms with E-state index in [1.165, 1.54) is 0 Å². The Kier molecular flexibility index (Phi) is 4.34. The number of amides is 1. The lowest BCUT2D eigenvalue weighted by Crippen LogP contribution is -2.26. The van der Waals surface area contributed by atoms with E-state index in [9.17, 15) is 9.59 Å². The van der Waals surface area contributed by atoms with Gasteiger partial charge in [-0.2, -0.15) is 5.10 Å². The van der Waals surface area contributed by atoms with Crippen LogP contribution in [0.25, 0.3) is 0 Å². The van der Waals surface area contributed by atoms with Gasteiger partial charge in [0.15, 0.2) is 0 Å². The lowest BCUT2D eigenvalue weighted by Gasteiger charge is -2.13. The van der Waals surface area contributed by atoms with E-state index < -0.39 is 5.97 Å². The highest BCUT2D eigenvalue weighted by Gasteiger charge is 2.13. The minimum Gasteiger partial charge on any atom is -0.481 e. The molecule has 0 aromatic heterocycles. The fraction of sp³-hybridized carbons (Fsp3) is 0.357. The standard InChI is InChI=1S/C14H17N3O3/c1-10-7-9-17(16-10)12-4-2-11(3-5-12)14(20)15-8-6-13(18)19/h2-5H,6-9H2,1H3,(H,15,20)(H,18,19). The van der Waals surface area contributed by atoms with Crippen molar-refractivity contribution >= 4 is 23.3 Å². The number of carbonyl (C=O) groups excluding carboxylic acids is 1. The Bertz CT molecular complexity index is 537. The van der Waals surface area contributed by atoms with Crippen LogP contribution in [0.2, 0.25) is 0 Å². The minimum absolute atomic E-state index is 0.0778. The van der Waals surface area contributed by atoms with Crippen LogP contribution in [0.3, 0.4) is 0 Å². The molecule has 0 saturated carbocycles. The fourth-order valence-electron chi connectivity index (χ4n) is 1.93. The third kappa shape index (κ3) is 3.57. The van der Waals surface area contributed by atoms with Crippen LogP contribution in [0.5, 0.6) is 0 Å². The molecule has 1 aliphatic heterocycles. The molecule has 0 fully saturated rings. The Balaban J connectivity index is 1.94. The monoisotopic (exact) mass is 275 g/mol. The Morgan fingerprint density at radius 3 is 2.60 bits per heavy atom. The Hall–Kier alpha value is -2.37. The van der Waals surface area contributed by atoms with Gasteiger partial charge in [0.25, 0.3) is 5.91 Å². The number of nitrogens with one attached hydrogen (secondary N) is 1. The predicted molar refractivity (Wildman–Crippen MR) is 76.1 cm³/mol. The molecule has 1 amide bonds. The molecular formula is C14H17N3O3. The quantitative estimate of drug-likeness (QED) is 0.852. The van der Waals surface area contributed by atoms with E-state index in [1.807, 2.05) is 24.1 Å². The summed E-state index contributed by atoms with van der Waals surface area (Å²) >= 11 is 0. The van der Waals surface area contributed by atoms with Gasteiger partial charge in [-0.05, 0) is 31.2 Å². The molecule has 0 saturated heterocycles. The SMILES string of the molecule is CC1=NN(c2ccc(C(=O)NCCC(=O)O)cc2)CC1. The van der Waals surface area contributed by atoms with Crippen LogP contribution in [0.1, 0.15) is 30.1 Å². The summed E-state index contributed by atoms with van der Waals surface area (Å²) < 4.78 is 0. The van der Waals surface area contributed by atoms with Crippen LogP contribution in [-0.4, -0.2) is 35.8 Å². The molecule has 0 atom stereocenters. The first-order valence-electron chi connectivity index (χ1n) is 6.48. The van der Waals surface area contributed by atoms with Crippen molar-refractivity contribution in [3.63, 3.8) is 0 Å². The molecule has 6 nitrogen and oxygen atoms in total. The molecule has 0 radical (unpaired) electrons. The molecule has 0 spiro atoms. The molecule has 6 heteroatoms. The molecule has 1 heterocycles. The Morgan fingerprint density at radius 1 is 1.35 bits per heavy atom. The Morgan fingerprint density at radius 2 is 2.05 bits per heavy atom. The third-order valence-corrected chi connectivity index (χ3v) is 3.03. The van der Waals surface area contributed by atoms with Crippen LogP contribution in [0.4, 0.5) is 5.69 Å².